The molecule has 8 aromatic rings. The van der Waals surface area contributed by atoms with Crippen LogP contribution in [0.25, 0.3) is 72.7 Å². The number of phenolic OH excluding ortho intramolecular Hbond substituents is 1. The molecule has 0 spiro atoms. The minimum Gasteiger partial charge on any atom is -0.507 e. The number of aryl methyl sites for hydroxylation is 1. The van der Waals surface area contributed by atoms with Crippen LogP contribution in [0.1, 0.15) is 99.7 Å². The van der Waals surface area contributed by atoms with Gasteiger partial charge in [0.15, 0.2) is 0 Å². The minimum absolute atomic E-state index is 0.0750. The molecule has 0 aliphatic carbocycles. The van der Waals surface area contributed by atoms with Crippen molar-refractivity contribution in [2.24, 2.45) is 0 Å². The molecular weight excluding hydrogens is 731 g/mol. The van der Waals surface area contributed by atoms with E-state index in [4.69, 9.17) is 13.2 Å². The number of rotatable bonds is 6. The predicted molar refractivity (Wildman–Crippen MR) is 253 cm³/mol. The Kier molecular flexibility index (Phi) is 8.19. The van der Waals surface area contributed by atoms with E-state index in [2.05, 4.69) is 127 Å². The van der Waals surface area contributed by atoms with Crippen LogP contribution in [0.3, 0.4) is 0 Å². The molecule has 1 N–H and O–H groups in total. The van der Waals surface area contributed by atoms with E-state index in [1.54, 1.807) is 0 Å². The van der Waals surface area contributed by atoms with E-state index in [1.165, 1.54) is 6.92 Å². The van der Waals surface area contributed by atoms with Gasteiger partial charge in [-0.1, -0.05) is 153 Å². The molecule has 0 saturated carbocycles. The summed E-state index contributed by atoms with van der Waals surface area (Å²) in [6.45, 7) is 22.7. The van der Waals surface area contributed by atoms with Crippen molar-refractivity contribution in [1.82, 2.24) is 14.5 Å². The Morgan fingerprint density at radius 1 is 0.550 bits per heavy atom. The molecule has 2 aromatic heterocycles. The Bertz CT molecular complexity index is 3270. The van der Waals surface area contributed by atoms with Crippen LogP contribution in [0.2, 0.25) is 0 Å². The minimum atomic E-state index is -0.452. The fourth-order valence-corrected chi connectivity index (χ4v) is 7.71. The molecule has 0 bridgehead atoms. The van der Waals surface area contributed by atoms with Crippen LogP contribution in [0.15, 0.2) is 139 Å². The van der Waals surface area contributed by atoms with Crippen molar-refractivity contribution in [3.63, 3.8) is 0 Å². The third-order valence-electron chi connectivity index (χ3n) is 11.1. The Hall–Kier alpha value is -6.26. The summed E-state index contributed by atoms with van der Waals surface area (Å²) in [5, 5.41) is 12.4. The summed E-state index contributed by atoms with van der Waals surface area (Å²) < 4.78 is 64.2. The number of aromatic nitrogens is 3. The van der Waals surface area contributed by atoms with Crippen molar-refractivity contribution < 1.29 is 14.7 Å². The smallest absolute Gasteiger partial charge is 0.149 e. The lowest BCUT2D eigenvalue weighted by Gasteiger charge is -2.27. The Morgan fingerprint density at radius 2 is 1.23 bits per heavy atom. The van der Waals surface area contributed by atoms with Crippen LogP contribution >= 0.6 is 0 Å². The van der Waals surface area contributed by atoms with Gasteiger partial charge >= 0.3 is 0 Å². The number of phenols is 1. The molecule has 4 heteroatoms. The summed E-state index contributed by atoms with van der Waals surface area (Å²) in [7, 11) is 0. The molecule has 60 heavy (non-hydrogen) atoms. The fraction of sp³-hybridized carbons (Fsp3) is 0.250. The first kappa shape index (κ1) is 32.6. The molecule has 8 rings (SSSR count). The number of fused-ring (bicyclic) bond motifs is 1. The van der Waals surface area contributed by atoms with Crippen molar-refractivity contribution in [2.45, 2.75) is 92.4 Å². The summed E-state index contributed by atoms with van der Waals surface area (Å²) in [4.78, 5) is 10.0. The maximum Gasteiger partial charge on any atom is 0.149 e. The van der Waals surface area contributed by atoms with Gasteiger partial charge in [-0.2, -0.15) is 0 Å². The van der Waals surface area contributed by atoms with Crippen molar-refractivity contribution in [3.05, 3.63) is 167 Å². The van der Waals surface area contributed by atoms with Crippen LogP contribution in [-0.2, 0) is 16.2 Å². The second kappa shape index (κ2) is 15.1. The summed E-state index contributed by atoms with van der Waals surface area (Å²) in [5.74, 6) is 0.729. The third kappa shape index (κ3) is 7.91. The molecule has 2 heterocycles. The van der Waals surface area contributed by atoms with E-state index in [-0.39, 0.29) is 63.8 Å². The average molecular weight is 795 g/mol. The van der Waals surface area contributed by atoms with E-state index in [0.717, 1.165) is 55.7 Å². The lowest BCUT2D eigenvalue weighted by Crippen LogP contribution is -2.17. The Balaban J connectivity index is 1.46. The molecule has 0 radical (unpaired) electrons. The molecule has 0 unspecified atom stereocenters. The first-order valence-corrected chi connectivity index (χ1v) is 20.6. The van der Waals surface area contributed by atoms with Crippen molar-refractivity contribution >= 4 is 11.0 Å². The maximum absolute atomic E-state index is 12.4. The van der Waals surface area contributed by atoms with E-state index in [1.807, 2.05) is 48.5 Å². The first-order valence-electron chi connectivity index (χ1n) is 24.1. The summed E-state index contributed by atoms with van der Waals surface area (Å²) in [6, 6.07) is 30.8. The topological polar surface area (TPSA) is 50.9 Å². The zero-order valence-electron chi connectivity index (χ0n) is 43.5. The number of imidazole rings is 1. The van der Waals surface area contributed by atoms with Gasteiger partial charge in [-0.3, -0.25) is 9.55 Å². The fourth-order valence-electron chi connectivity index (χ4n) is 7.71. The zero-order chi connectivity index (χ0) is 48.8. The lowest BCUT2D eigenvalue weighted by atomic mass is 9.79. The van der Waals surface area contributed by atoms with Crippen molar-refractivity contribution in [3.8, 4) is 67.5 Å². The maximum atomic E-state index is 12.4. The molecule has 0 aliphatic rings. The van der Waals surface area contributed by atoms with Crippen LogP contribution in [0.4, 0.5) is 0 Å². The van der Waals surface area contributed by atoms with Gasteiger partial charge in [0.25, 0.3) is 0 Å². The standard InChI is InChI=1S/C56H57N3O/c1-35-20-22-38(23-21-35)39-24-25-57-49(32-39)42-28-41(29-43(30-42)54(3,4)5)46-18-15-19-50-51(46)58-53(47-33-44(55(6,7)8)34-48(52(47)60)56(9,10)11)59(50)45-27-36(2)26-40(31-45)37-16-13-12-14-17-37/h12-34,60H,1-11H3/i20D,21D,22D,23D,24D,25D,32D. The van der Waals surface area contributed by atoms with Gasteiger partial charge in [0.05, 0.1) is 31.9 Å². The van der Waals surface area contributed by atoms with Gasteiger partial charge in [-0.25, -0.2) is 4.98 Å². The van der Waals surface area contributed by atoms with Gasteiger partial charge in [0.2, 0.25) is 0 Å². The highest BCUT2D eigenvalue weighted by Gasteiger charge is 2.29. The first-order chi connectivity index (χ1) is 31.3. The largest absolute Gasteiger partial charge is 0.507 e. The van der Waals surface area contributed by atoms with E-state index in [0.29, 0.717) is 22.5 Å². The molecular formula is C56H57N3O. The quantitative estimate of drug-likeness (QED) is 0.182. The predicted octanol–water partition coefficient (Wildman–Crippen LogP) is 15.0. The molecule has 0 amide bonds. The number of hydrogen-bond acceptors (Lipinski definition) is 3. The zero-order valence-corrected chi connectivity index (χ0v) is 36.5. The highest BCUT2D eigenvalue weighted by molar-refractivity contribution is 5.97. The average Bonchev–Trinajstić information content (AvgIpc) is 3.66. The van der Waals surface area contributed by atoms with Crippen molar-refractivity contribution in [1.29, 1.82) is 0 Å². The van der Waals surface area contributed by atoms with Gasteiger partial charge in [0.1, 0.15) is 11.6 Å². The van der Waals surface area contributed by atoms with Gasteiger partial charge < -0.3 is 5.11 Å². The summed E-state index contributed by atoms with van der Waals surface area (Å²) in [6.07, 6.45) is -0.452. The molecule has 0 fully saturated rings. The number of pyridine rings is 1. The molecule has 302 valence electrons. The van der Waals surface area contributed by atoms with Crippen molar-refractivity contribution in [2.75, 3.05) is 0 Å². The van der Waals surface area contributed by atoms with Crippen LogP contribution in [0.5, 0.6) is 5.75 Å². The molecule has 0 saturated heterocycles. The van der Waals surface area contributed by atoms with Crippen LogP contribution in [-0.4, -0.2) is 19.6 Å². The second-order valence-electron chi connectivity index (χ2n) is 19.0. The number of nitrogens with zero attached hydrogens (tertiary/aromatic N) is 3. The normalized spacial score (nSPS) is 13.9. The second-order valence-corrected chi connectivity index (χ2v) is 19.0. The van der Waals surface area contributed by atoms with Crippen LogP contribution < -0.4 is 0 Å². The van der Waals surface area contributed by atoms with E-state index in [9.17, 15) is 6.48 Å². The molecule has 0 aliphatic heterocycles. The van der Waals surface area contributed by atoms with Crippen LogP contribution in [0, 0.1) is 13.8 Å². The highest BCUT2D eigenvalue weighted by atomic mass is 16.3. The third-order valence-corrected chi connectivity index (χ3v) is 11.1. The Labute approximate surface area is 366 Å². The SMILES string of the molecule is [2H]c1nc(-c2cc(-c3cccc4c3nc(-c3cc(C(C)(C)C)cc(C(C)(C)C)c3O)n4-c3cc(C)cc(-c4ccccc4)c3)cc(C(C)(C)C)c2)c([2H])c(-c2c([2H])c([2H])c(C)c([2H])c2[2H])c1[2H]. The summed E-state index contributed by atoms with van der Waals surface area (Å²) in [5.41, 5.74) is 9.67. The number of para-hydroxylation sites is 1. The number of benzene rings is 6. The number of aromatic hydroxyl groups is 1. The Morgan fingerprint density at radius 3 is 1.92 bits per heavy atom. The van der Waals surface area contributed by atoms with E-state index < -0.39 is 23.0 Å². The van der Waals surface area contributed by atoms with Gasteiger partial charge in [-0.15, -0.1) is 0 Å². The monoisotopic (exact) mass is 794 g/mol. The molecule has 4 nitrogen and oxygen atoms in total. The molecule has 0 atom stereocenters. The van der Waals surface area contributed by atoms with Gasteiger partial charge in [-0.05, 0) is 123 Å². The summed E-state index contributed by atoms with van der Waals surface area (Å²) >= 11 is 0. The highest BCUT2D eigenvalue weighted by Crippen LogP contribution is 2.45. The van der Waals surface area contributed by atoms with Gasteiger partial charge in [0, 0.05) is 28.6 Å². The van der Waals surface area contributed by atoms with E-state index >= 15 is 0 Å². The lowest BCUT2D eigenvalue weighted by molar-refractivity contribution is 0.446. The molecule has 6 aromatic carbocycles. The number of hydrogen-bond donors (Lipinski definition) is 1.